The van der Waals surface area contributed by atoms with Gasteiger partial charge in [-0.2, -0.15) is 5.01 Å². The normalized spacial score (nSPS) is 12.2. The second kappa shape index (κ2) is 10.8. The standard InChI is InChI=1S/C7H16Br2N6O4/c1-12(2)14(16)10-18-7-19-11-15(17)13(5-3-8)6-4-9/h3-7H2,1-2H3. The van der Waals surface area contributed by atoms with Gasteiger partial charge in [-0.1, -0.05) is 31.9 Å². The predicted molar refractivity (Wildman–Crippen MR) is 72.0 cm³/mol. The minimum atomic E-state index is -0.443. The molecular weight excluding hydrogens is 392 g/mol. The lowest BCUT2D eigenvalue weighted by atomic mass is 10.6. The van der Waals surface area contributed by atoms with Gasteiger partial charge in [-0.3, -0.25) is 9.68 Å². The van der Waals surface area contributed by atoms with Crippen LogP contribution in [0.5, 0.6) is 0 Å². The van der Waals surface area contributed by atoms with Crippen molar-refractivity contribution in [3.05, 3.63) is 10.4 Å². The molecule has 0 unspecified atom stereocenters. The van der Waals surface area contributed by atoms with Crippen LogP contribution in [0.25, 0.3) is 0 Å². The molecule has 0 aliphatic carbocycles. The number of hydrazine groups is 2. The van der Waals surface area contributed by atoms with Crippen molar-refractivity contribution in [3.8, 4) is 0 Å². The van der Waals surface area contributed by atoms with E-state index >= 15 is 0 Å². The number of hydrogen-bond donors (Lipinski definition) is 0. The smallest absolute Gasteiger partial charge is 0.292 e. The first-order valence-electron chi connectivity index (χ1n) is 5.17. The highest BCUT2D eigenvalue weighted by atomic mass is 79.9. The molecule has 0 bridgehead atoms. The van der Waals surface area contributed by atoms with E-state index in [0.29, 0.717) is 28.7 Å². The van der Waals surface area contributed by atoms with Gasteiger partial charge in [0.1, 0.15) is 0 Å². The van der Waals surface area contributed by atoms with Crippen LogP contribution in [0, 0.1) is 10.4 Å². The maximum absolute atomic E-state index is 11.5. The second-order valence-corrected chi connectivity index (χ2v) is 4.81. The topological polar surface area (TPSA) is 102 Å². The third-order valence-electron chi connectivity index (χ3n) is 1.63. The van der Waals surface area contributed by atoms with Crippen molar-refractivity contribution in [3.63, 3.8) is 0 Å². The Morgan fingerprint density at radius 3 is 1.89 bits per heavy atom. The Labute approximate surface area is 127 Å². The average molecular weight is 408 g/mol. The molecule has 0 saturated heterocycles. The van der Waals surface area contributed by atoms with Crippen molar-refractivity contribution in [2.45, 2.75) is 0 Å². The van der Waals surface area contributed by atoms with Crippen LogP contribution in [0.3, 0.4) is 0 Å². The summed E-state index contributed by atoms with van der Waals surface area (Å²) in [5, 5.41) is 32.5. The molecule has 0 atom stereocenters. The molecule has 0 aliphatic heterocycles. The molecule has 0 aromatic carbocycles. The third-order valence-corrected chi connectivity index (χ3v) is 2.34. The quantitative estimate of drug-likeness (QED) is 0.135. The SMILES string of the molecule is CN(C)[N+]([O-])=NOCON=[N+]([O-])N(CCBr)CCBr. The molecule has 10 nitrogen and oxygen atoms in total. The van der Waals surface area contributed by atoms with Gasteiger partial charge in [-0.15, -0.1) is 5.01 Å². The summed E-state index contributed by atoms with van der Waals surface area (Å²) in [6, 6.07) is 0. The Hall–Kier alpha value is -1.04. The van der Waals surface area contributed by atoms with Gasteiger partial charge in [0.25, 0.3) is 6.79 Å². The van der Waals surface area contributed by atoms with Crippen molar-refractivity contribution < 1.29 is 19.6 Å². The Balaban J connectivity index is 4.06. The Bertz CT molecular complexity index is 297. The molecule has 0 rings (SSSR count). The minimum absolute atomic E-state index is 0.209. The maximum Gasteiger partial charge on any atom is 0.292 e. The zero-order chi connectivity index (χ0) is 14.7. The lowest BCUT2D eigenvalue weighted by Gasteiger charge is -2.15. The minimum Gasteiger partial charge on any atom is -0.569 e. The molecule has 0 radical (unpaired) electrons. The molecule has 0 amide bonds. The molecule has 112 valence electrons. The van der Waals surface area contributed by atoms with Crippen LogP contribution in [0.2, 0.25) is 0 Å². The summed E-state index contributed by atoms with van der Waals surface area (Å²) in [4.78, 5) is 9.57. The van der Waals surface area contributed by atoms with Crippen LogP contribution < -0.4 is 0 Å². The number of halogens is 2. The van der Waals surface area contributed by atoms with E-state index in [4.69, 9.17) is 0 Å². The Morgan fingerprint density at radius 1 is 1.00 bits per heavy atom. The first-order chi connectivity index (χ1) is 9.02. The summed E-state index contributed by atoms with van der Waals surface area (Å²) < 4.78 is 0. The van der Waals surface area contributed by atoms with Crippen LogP contribution in [0.1, 0.15) is 0 Å². The first kappa shape index (κ1) is 18.0. The molecule has 12 heteroatoms. The molecule has 0 N–H and O–H groups in total. The highest BCUT2D eigenvalue weighted by Crippen LogP contribution is 1.96. The number of rotatable bonds is 10. The summed E-state index contributed by atoms with van der Waals surface area (Å²) in [6.07, 6.45) is 0. The van der Waals surface area contributed by atoms with Crippen LogP contribution >= 0.6 is 31.9 Å². The van der Waals surface area contributed by atoms with Gasteiger partial charge in [0, 0.05) is 10.7 Å². The molecule has 0 aromatic heterocycles. The number of alkyl halides is 2. The highest BCUT2D eigenvalue weighted by Gasteiger charge is 2.11. The van der Waals surface area contributed by atoms with Crippen molar-refractivity contribution in [2.24, 2.45) is 10.6 Å². The Morgan fingerprint density at radius 2 is 1.47 bits per heavy atom. The van der Waals surface area contributed by atoms with E-state index in [-0.39, 0.29) is 4.97 Å². The molecule has 0 aliphatic rings. The zero-order valence-corrected chi connectivity index (χ0v) is 13.8. The monoisotopic (exact) mass is 406 g/mol. The fraction of sp³-hybridized carbons (Fsp3) is 1.00. The van der Waals surface area contributed by atoms with Crippen molar-refractivity contribution in [1.82, 2.24) is 10.0 Å². The van der Waals surface area contributed by atoms with E-state index in [2.05, 4.69) is 52.1 Å². The number of nitrogens with zero attached hydrogens (tertiary/aromatic N) is 6. The second-order valence-electron chi connectivity index (χ2n) is 3.22. The lowest BCUT2D eigenvalue weighted by molar-refractivity contribution is -0.714. The Kier molecular flexibility index (Phi) is 10.2. The third kappa shape index (κ3) is 8.64. The molecule has 19 heavy (non-hydrogen) atoms. The first-order valence-corrected chi connectivity index (χ1v) is 7.41. The maximum atomic E-state index is 11.5. The largest absolute Gasteiger partial charge is 0.569 e. The van der Waals surface area contributed by atoms with Gasteiger partial charge in [0.05, 0.1) is 37.1 Å². The van der Waals surface area contributed by atoms with Crippen molar-refractivity contribution >= 4 is 31.9 Å². The van der Waals surface area contributed by atoms with Crippen molar-refractivity contribution in [2.75, 3.05) is 44.6 Å². The highest BCUT2D eigenvalue weighted by molar-refractivity contribution is 9.09. The van der Waals surface area contributed by atoms with E-state index in [0.717, 1.165) is 5.01 Å². The van der Waals surface area contributed by atoms with Crippen LogP contribution in [-0.2, 0) is 9.68 Å². The molecule has 0 spiro atoms. The van der Waals surface area contributed by atoms with E-state index in [1.165, 1.54) is 19.1 Å². The summed E-state index contributed by atoms with van der Waals surface area (Å²) in [6.45, 7) is 0.506. The fourth-order valence-corrected chi connectivity index (χ4v) is 1.59. The van der Waals surface area contributed by atoms with Crippen molar-refractivity contribution in [1.29, 1.82) is 0 Å². The van der Waals surface area contributed by atoms with E-state index in [1.807, 2.05) is 0 Å². The van der Waals surface area contributed by atoms with Crippen LogP contribution in [-0.4, -0.2) is 64.6 Å². The van der Waals surface area contributed by atoms with Crippen LogP contribution in [0.15, 0.2) is 10.6 Å². The van der Waals surface area contributed by atoms with Gasteiger partial charge in [0.2, 0.25) is 10.6 Å². The molecule has 0 aromatic rings. The molecule has 0 saturated carbocycles. The predicted octanol–water partition coefficient (Wildman–Crippen LogP) is 1.22. The zero-order valence-electron chi connectivity index (χ0n) is 10.6. The molecule has 0 fully saturated rings. The summed E-state index contributed by atoms with van der Waals surface area (Å²) in [5.74, 6) is 0. The number of hydrogen-bond acceptors (Lipinski definition) is 6. The van der Waals surface area contributed by atoms with Gasteiger partial charge in [-0.05, 0) is 0 Å². The van der Waals surface area contributed by atoms with E-state index < -0.39 is 6.79 Å². The molecule has 0 heterocycles. The summed E-state index contributed by atoms with van der Waals surface area (Å²) in [5.41, 5.74) is 0. The van der Waals surface area contributed by atoms with Crippen LogP contribution in [0.4, 0.5) is 0 Å². The average Bonchev–Trinajstić information content (AvgIpc) is 2.37. The summed E-state index contributed by atoms with van der Waals surface area (Å²) >= 11 is 6.44. The van der Waals surface area contributed by atoms with Gasteiger partial charge in [0.15, 0.2) is 0 Å². The summed E-state index contributed by atoms with van der Waals surface area (Å²) in [7, 11) is 2.98. The fourth-order valence-electron chi connectivity index (χ4n) is 0.772. The van der Waals surface area contributed by atoms with Gasteiger partial charge >= 0.3 is 0 Å². The van der Waals surface area contributed by atoms with E-state index in [9.17, 15) is 10.4 Å². The van der Waals surface area contributed by atoms with Gasteiger partial charge < -0.3 is 10.4 Å². The molecular formula is C7H16Br2N6O4. The lowest BCUT2D eigenvalue weighted by Crippen LogP contribution is -2.34. The van der Waals surface area contributed by atoms with Gasteiger partial charge in [-0.25, -0.2) is 0 Å². The van der Waals surface area contributed by atoms with E-state index in [1.54, 1.807) is 0 Å².